The summed E-state index contributed by atoms with van der Waals surface area (Å²) in [5.41, 5.74) is 16.5. The molecule has 0 aromatic carbocycles. The van der Waals surface area contributed by atoms with Gasteiger partial charge in [-0.3, -0.25) is 0 Å². The molecular weight excluding hydrogens is 198 g/mol. The van der Waals surface area contributed by atoms with E-state index in [0.717, 1.165) is 6.42 Å². The van der Waals surface area contributed by atoms with Crippen LogP contribution in [-0.4, -0.2) is 28.1 Å². The van der Waals surface area contributed by atoms with Crippen LogP contribution < -0.4 is 17.2 Å². The van der Waals surface area contributed by atoms with E-state index >= 15 is 0 Å². The minimum Gasteiger partial charge on any atom is -0.398 e. The van der Waals surface area contributed by atoms with E-state index in [1.807, 2.05) is 6.55 Å². The number of hydrogen-bond donors (Lipinski definition) is 3. The highest BCUT2D eigenvalue weighted by Gasteiger charge is 2.31. The van der Waals surface area contributed by atoms with E-state index in [-0.39, 0.29) is 0 Å². The molecule has 0 aliphatic carbocycles. The normalized spacial score (nSPS) is 16.7. The van der Waals surface area contributed by atoms with E-state index in [2.05, 4.69) is 6.92 Å². The van der Waals surface area contributed by atoms with Crippen molar-refractivity contribution in [2.24, 2.45) is 17.2 Å². The average Bonchev–Trinajstić information content (AvgIpc) is 2.10. The molecule has 0 saturated heterocycles. The molecule has 0 amide bonds. The molecule has 0 aromatic rings. The topological polar surface area (TPSA) is 96.5 Å². The molecule has 0 aliphatic rings. The quantitative estimate of drug-likeness (QED) is 0.417. The van der Waals surface area contributed by atoms with Crippen molar-refractivity contribution in [3.63, 3.8) is 0 Å². The summed E-state index contributed by atoms with van der Waals surface area (Å²) in [7, 11) is -0.434. The third-order valence-corrected chi connectivity index (χ3v) is 4.89. The van der Waals surface area contributed by atoms with Crippen LogP contribution in [0.4, 0.5) is 0 Å². The Morgan fingerprint density at radius 2 is 1.86 bits per heavy atom. The first-order chi connectivity index (χ1) is 6.33. The summed E-state index contributed by atoms with van der Waals surface area (Å²) in [6, 6.07) is 0.715. The van der Waals surface area contributed by atoms with Crippen LogP contribution in [0.15, 0.2) is 0 Å². The van der Waals surface area contributed by atoms with Crippen LogP contribution in [0.5, 0.6) is 0 Å². The summed E-state index contributed by atoms with van der Waals surface area (Å²) in [5.74, 6) is -1.12. The summed E-state index contributed by atoms with van der Waals surface area (Å²) in [5, 5.41) is 0. The Morgan fingerprint density at radius 3 is 2.21 bits per heavy atom. The molecule has 5 nitrogen and oxygen atoms in total. The maximum absolute atomic E-state index is 5.67. The minimum absolute atomic E-state index is 0.507. The van der Waals surface area contributed by atoms with Gasteiger partial charge in [-0.2, -0.15) is 0 Å². The molecule has 14 heavy (non-hydrogen) atoms. The SMILES string of the molecule is CCCO[Si](C)(CCC(N)(N)N)OC. The van der Waals surface area contributed by atoms with E-state index in [4.69, 9.17) is 26.1 Å². The van der Waals surface area contributed by atoms with E-state index in [1.54, 1.807) is 7.11 Å². The van der Waals surface area contributed by atoms with Crippen molar-refractivity contribution in [2.75, 3.05) is 13.7 Å². The van der Waals surface area contributed by atoms with Gasteiger partial charge in [0.25, 0.3) is 0 Å². The van der Waals surface area contributed by atoms with Gasteiger partial charge in [-0.25, -0.2) is 0 Å². The van der Waals surface area contributed by atoms with Crippen LogP contribution >= 0.6 is 0 Å². The fraction of sp³-hybridized carbons (Fsp3) is 1.00. The Kier molecular flexibility index (Phi) is 5.80. The highest BCUT2D eigenvalue weighted by atomic mass is 28.4. The van der Waals surface area contributed by atoms with Crippen LogP contribution in [0.1, 0.15) is 19.8 Å². The zero-order valence-corrected chi connectivity index (χ0v) is 10.4. The molecule has 6 heteroatoms. The minimum atomic E-state index is -2.09. The Hall–Kier alpha value is 0.0169. The fourth-order valence-electron chi connectivity index (χ4n) is 0.995. The van der Waals surface area contributed by atoms with Gasteiger partial charge in [0.15, 0.2) is 0 Å². The van der Waals surface area contributed by atoms with Crippen molar-refractivity contribution in [3.05, 3.63) is 0 Å². The lowest BCUT2D eigenvalue weighted by atomic mass is 10.3. The molecule has 86 valence electrons. The van der Waals surface area contributed by atoms with Crippen LogP contribution in [0.2, 0.25) is 12.6 Å². The first kappa shape index (κ1) is 14.0. The zero-order chi connectivity index (χ0) is 11.2. The Bertz CT molecular complexity index is 163. The maximum atomic E-state index is 5.67. The van der Waals surface area contributed by atoms with Gasteiger partial charge in [0, 0.05) is 13.7 Å². The molecule has 0 rings (SSSR count). The van der Waals surface area contributed by atoms with Crippen molar-refractivity contribution >= 4 is 8.56 Å². The molecule has 0 radical (unpaired) electrons. The van der Waals surface area contributed by atoms with Crippen molar-refractivity contribution in [1.82, 2.24) is 0 Å². The van der Waals surface area contributed by atoms with Crippen molar-refractivity contribution in [1.29, 1.82) is 0 Å². The average molecular weight is 221 g/mol. The lowest BCUT2D eigenvalue weighted by molar-refractivity contribution is 0.200. The van der Waals surface area contributed by atoms with Crippen molar-refractivity contribution in [3.8, 4) is 0 Å². The van der Waals surface area contributed by atoms with E-state index in [9.17, 15) is 0 Å². The summed E-state index contributed by atoms with van der Waals surface area (Å²) in [6.45, 7) is 4.77. The Labute approximate surface area is 87.2 Å². The molecule has 0 spiro atoms. The van der Waals surface area contributed by atoms with Crippen LogP contribution in [0.25, 0.3) is 0 Å². The molecule has 0 saturated carbocycles. The number of rotatable bonds is 7. The Balaban J connectivity index is 3.98. The first-order valence-corrected chi connectivity index (χ1v) is 7.41. The van der Waals surface area contributed by atoms with Gasteiger partial charge < -0.3 is 26.1 Å². The van der Waals surface area contributed by atoms with Crippen molar-refractivity contribution < 1.29 is 8.85 Å². The predicted molar refractivity (Wildman–Crippen MR) is 59.6 cm³/mol. The van der Waals surface area contributed by atoms with Gasteiger partial charge in [-0.15, -0.1) is 0 Å². The van der Waals surface area contributed by atoms with E-state index in [0.29, 0.717) is 19.1 Å². The smallest absolute Gasteiger partial charge is 0.334 e. The molecule has 6 N–H and O–H groups in total. The molecule has 1 atom stereocenters. The standard InChI is InChI=1S/C8H23N3O2Si/c1-4-6-13-14(3,12-2)7-5-8(9,10)11/h4-7,9-11H2,1-3H3. The van der Waals surface area contributed by atoms with Gasteiger partial charge >= 0.3 is 8.56 Å². The summed E-state index contributed by atoms with van der Waals surface area (Å²) < 4.78 is 11.1. The molecule has 0 aliphatic heterocycles. The maximum Gasteiger partial charge on any atom is 0.334 e. The first-order valence-electron chi connectivity index (χ1n) is 4.89. The van der Waals surface area contributed by atoms with E-state index in [1.165, 1.54) is 0 Å². The predicted octanol–water partition coefficient (Wildman–Crippen LogP) is 0.0514. The summed E-state index contributed by atoms with van der Waals surface area (Å²) in [4.78, 5) is 0. The van der Waals surface area contributed by atoms with Crippen LogP contribution in [-0.2, 0) is 8.85 Å². The van der Waals surface area contributed by atoms with Gasteiger partial charge in [0.05, 0.1) is 0 Å². The van der Waals surface area contributed by atoms with Crippen LogP contribution in [0.3, 0.4) is 0 Å². The number of hydrogen-bond acceptors (Lipinski definition) is 5. The summed E-state index contributed by atoms with van der Waals surface area (Å²) >= 11 is 0. The van der Waals surface area contributed by atoms with Gasteiger partial charge in [0.2, 0.25) is 0 Å². The monoisotopic (exact) mass is 221 g/mol. The fourth-order valence-corrected chi connectivity index (χ4v) is 2.98. The Morgan fingerprint density at radius 1 is 1.29 bits per heavy atom. The van der Waals surface area contributed by atoms with Crippen molar-refractivity contribution in [2.45, 2.75) is 38.1 Å². The van der Waals surface area contributed by atoms with E-state index < -0.39 is 14.3 Å². The molecule has 1 unspecified atom stereocenters. The highest BCUT2D eigenvalue weighted by molar-refractivity contribution is 6.65. The third kappa shape index (κ3) is 6.47. The highest BCUT2D eigenvalue weighted by Crippen LogP contribution is 2.16. The second-order valence-corrected chi connectivity index (χ2v) is 7.26. The summed E-state index contributed by atoms with van der Waals surface area (Å²) in [6.07, 6.45) is 1.48. The lowest BCUT2D eigenvalue weighted by Gasteiger charge is -2.28. The molecule has 0 aromatic heterocycles. The largest absolute Gasteiger partial charge is 0.398 e. The van der Waals surface area contributed by atoms with Gasteiger partial charge in [-0.1, -0.05) is 6.92 Å². The van der Waals surface area contributed by atoms with Gasteiger partial charge in [0.1, 0.15) is 5.79 Å². The molecule has 0 bridgehead atoms. The van der Waals surface area contributed by atoms with Gasteiger partial charge in [-0.05, 0) is 25.4 Å². The second kappa shape index (κ2) is 5.79. The molecule has 0 heterocycles. The number of nitrogens with two attached hydrogens (primary N) is 3. The molecular formula is C8H23N3O2Si. The lowest BCUT2D eigenvalue weighted by Crippen LogP contribution is -2.59. The molecule has 0 fully saturated rings. The van der Waals surface area contributed by atoms with Crippen LogP contribution in [0, 0.1) is 0 Å². The third-order valence-electron chi connectivity index (χ3n) is 2.06. The second-order valence-electron chi connectivity index (χ2n) is 3.80. The zero-order valence-electron chi connectivity index (χ0n) is 9.38.